The van der Waals surface area contributed by atoms with E-state index in [1.165, 1.54) is 5.56 Å². The number of rotatable bonds is 4. The van der Waals surface area contributed by atoms with E-state index >= 15 is 0 Å². The highest BCUT2D eigenvalue weighted by atomic mass is 16.2. The Bertz CT molecular complexity index is 600. The summed E-state index contributed by atoms with van der Waals surface area (Å²) in [6.07, 6.45) is 3.00. The molecule has 1 aromatic heterocycles. The first-order valence-electron chi connectivity index (χ1n) is 7.42. The van der Waals surface area contributed by atoms with Crippen molar-refractivity contribution in [2.75, 3.05) is 20.1 Å². The molecule has 1 aliphatic heterocycles. The number of carbonyl (C=O) groups is 1. The molecule has 0 radical (unpaired) electrons. The summed E-state index contributed by atoms with van der Waals surface area (Å²) in [5.41, 5.74) is 1.96. The number of likely N-dealkylation sites (N-methyl/N-ethyl adjacent to an activating group) is 1. The molecule has 21 heavy (non-hydrogen) atoms. The quantitative estimate of drug-likeness (QED) is 0.931. The standard InChI is InChI=1S/C17H21N3O/c1-19(15-9-10-18-12-15)17(21)16-8-5-11-20(16)13-14-6-3-2-4-7-14/h2-8,11,15,18H,9-10,12-13H2,1H3. The van der Waals surface area contributed by atoms with Crippen molar-refractivity contribution >= 4 is 5.91 Å². The lowest BCUT2D eigenvalue weighted by Gasteiger charge is -2.24. The van der Waals surface area contributed by atoms with Crippen molar-refractivity contribution in [3.8, 4) is 0 Å². The molecule has 4 nitrogen and oxygen atoms in total. The molecule has 1 atom stereocenters. The first kappa shape index (κ1) is 13.9. The summed E-state index contributed by atoms with van der Waals surface area (Å²) in [6.45, 7) is 2.61. The van der Waals surface area contributed by atoms with Crippen LogP contribution < -0.4 is 5.32 Å². The summed E-state index contributed by atoms with van der Waals surface area (Å²) in [6, 6.07) is 14.4. The highest BCUT2D eigenvalue weighted by Crippen LogP contribution is 2.14. The number of nitrogens with one attached hydrogen (secondary N) is 1. The third-order valence-electron chi connectivity index (χ3n) is 4.15. The fourth-order valence-electron chi connectivity index (χ4n) is 2.84. The van der Waals surface area contributed by atoms with Crippen LogP contribution in [0, 0.1) is 0 Å². The highest BCUT2D eigenvalue weighted by Gasteiger charge is 2.25. The van der Waals surface area contributed by atoms with Gasteiger partial charge in [0, 0.05) is 32.4 Å². The van der Waals surface area contributed by atoms with E-state index in [0.717, 1.165) is 31.7 Å². The molecule has 0 aliphatic carbocycles. The molecule has 3 rings (SSSR count). The van der Waals surface area contributed by atoms with Gasteiger partial charge in [-0.15, -0.1) is 0 Å². The van der Waals surface area contributed by atoms with Crippen LogP contribution in [0.15, 0.2) is 48.7 Å². The smallest absolute Gasteiger partial charge is 0.270 e. The van der Waals surface area contributed by atoms with Gasteiger partial charge < -0.3 is 14.8 Å². The topological polar surface area (TPSA) is 37.3 Å². The van der Waals surface area contributed by atoms with Crippen molar-refractivity contribution in [1.82, 2.24) is 14.8 Å². The number of amides is 1. The Morgan fingerprint density at radius 1 is 1.29 bits per heavy atom. The summed E-state index contributed by atoms with van der Waals surface area (Å²) >= 11 is 0. The lowest BCUT2D eigenvalue weighted by Crippen LogP contribution is -2.39. The number of benzene rings is 1. The Balaban J connectivity index is 1.76. The van der Waals surface area contributed by atoms with Crippen LogP contribution >= 0.6 is 0 Å². The van der Waals surface area contributed by atoms with Crippen molar-refractivity contribution in [3.05, 3.63) is 59.9 Å². The fourth-order valence-corrected chi connectivity index (χ4v) is 2.84. The molecule has 1 fully saturated rings. The zero-order valence-corrected chi connectivity index (χ0v) is 12.3. The van der Waals surface area contributed by atoms with Gasteiger partial charge in [-0.05, 0) is 30.7 Å². The summed E-state index contributed by atoms with van der Waals surface area (Å²) in [5, 5.41) is 3.31. The second kappa shape index (κ2) is 6.14. The first-order valence-corrected chi connectivity index (χ1v) is 7.42. The maximum absolute atomic E-state index is 12.7. The highest BCUT2D eigenvalue weighted by molar-refractivity contribution is 5.92. The van der Waals surface area contributed by atoms with Gasteiger partial charge in [0.05, 0.1) is 0 Å². The Morgan fingerprint density at radius 3 is 2.81 bits per heavy atom. The maximum Gasteiger partial charge on any atom is 0.270 e. The lowest BCUT2D eigenvalue weighted by molar-refractivity contribution is 0.0733. The molecule has 1 aromatic carbocycles. The molecular formula is C17H21N3O. The van der Waals surface area contributed by atoms with Gasteiger partial charge in [0.25, 0.3) is 5.91 Å². The molecule has 1 amide bonds. The number of nitrogens with zero attached hydrogens (tertiary/aromatic N) is 2. The molecule has 4 heteroatoms. The van der Waals surface area contributed by atoms with Crippen molar-refractivity contribution in [1.29, 1.82) is 0 Å². The van der Waals surface area contributed by atoms with Crippen LogP contribution in [0.1, 0.15) is 22.5 Å². The van der Waals surface area contributed by atoms with Crippen molar-refractivity contribution < 1.29 is 4.79 Å². The molecule has 0 saturated carbocycles. The largest absolute Gasteiger partial charge is 0.339 e. The third kappa shape index (κ3) is 3.00. The van der Waals surface area contributed by atoms with Crippen molar-refractivity contribution in [2.24, 2.45) is 0 Å². The van der Waals surface area contributed by atoms with E-state index < -0.39 is 0 Å². The van der Waals surface area contributed by atoms with Crippen LogP contribution in [0.2, 0.25) is 0 Å². The van der Waals surface area contributed by atoms with Gasteiger partial charge in [-0.1, -0.05) is 30.3 Å². The molecule has 0 spiro atoms. The van der Waals surface area contributed by atoms with Crippen molar-refractivity contribution in [3.63, 3.8) is 0 Å². The lowest BCUT2D eigenvalue weighted by atomic mass is 10.2. The summed E-state index contributed by atoms with van der Waals surface area (Å²) in [7, 11) is 1.90. The zero-order valence-electron chi connectivity index (χ0n) is 12.3. The van der Waals surface area contributed by atoms with Crippen LogP contribution in [-0.4, -0.2) is 41.6 Å². The maximum atomic E-state index is 12.7. The van der Waals surface area contributed by atoms with E-state index in [4.69, 9.17) is 0 Å². The Hall–Kier alpha value is -2.07. The monoisotopic (exact) mass is 283 g/mol. The van der Waals surface area contributed by atoms with Gasteiger partial charge in [0.15, 0.2) is 0 Å². The van der Waals surface area contributed by atoms with Crippen LogP contribution in [0.4, 0.5) is 0 Å². The van der Waals surface area contributed by atoms with Crippen LogP contribution in [0.5, 0.6) is 0 Å². The second-order valence-corrected chi connectivity index (χ2v) is 5.57. The molecular weight excluding hydrogens is 262 g/mol. The third-order valence-corrected chi connectivity index (χ3v) is 4.15. The zero-order chi connectivity index (χ0) is 14.7. The summed E-state index contributed by atoms with van der Waals surface area (Å²) in [5.74, 6) is 0.102. The van der Waals surface area contributed by atoms with Crippen molar-refractivity contribution in [2.45, 2.75) is 19.0 Å². The molecule has 1 aliphatic rings. The summed E-state index contributed by atoms with van der Waals surface area (Å²) < 4.78 is 2.02. The van der Waals surface area contributed by atoms with Gasteiger partial charge in [-0.3, -0.25) is 4.79 Å². The minimum atomic E-state index is 0.102. The van der Waals surface area contributed by atoms with Gasteiger partial charge >= 0.3 is 0 Å². The minimum Gasteiger partial charge on any atom is -0.339 e. The van der Waals surface area contributed by atoms with Crippen LogP contribution in [0.3, 0.4) is 0 Å². The summed E-state index contributed by atoms with van der Waals surface area (Å²) in [4.78, 5) is 14.6. The number of hydrogen-bond acceptors (Lipinski definition) is 2. The molecule has 1 saturated heterocycles. The average Bonchev–Trinajstić information content (AvgIpc) is 3.18. The fraction of sp³-hybridized carbons (Fsp3) is 0.353. The van der Waals surface area contributed by atoms with Crippen LogP contribution in [-0.2, 0) is 6.54 Å². The Morgan fingerprint density at radius 2 is 2.10 bits per heavy atom. The van der Waals surface area contributed by atoms with E-state index in [9.17, 15) is 4.79 Å². The molecule has 0 bridgehead atoms. The van der Waals surface area contributed by atoms with E-state index in [1.54, 1.807) is 0 Å². The molecule has 1 N–H and O–H groups in total. The normalized spacial score (nSPS) is 17.9. The molecule has 1 unspecified atom stereocenters. The predicted molar refractivity (Wildman–Crippen MR) is 83.3 cm³/mol. The predicted octanol–water partition coefficient (Wildman–Crippen LogP) is 1.97. The van der Waals surface area contributed by atoms with Gasteiger partial charge in [-0.25, -0.2) is 0 Å². The van der Waals surface area contributed by atoms with Crippen LogP contribution in [0.25, 0.3) is 0 Å². The number of hydrogen-bond donors (Lipinski definition) is 1. The number of aromatic nitrogens is 1. The van der Waals surface area contributed by atoms with E-state index in [2.05, 4.69) is 17.4 Å². The molecule has 2 aromatic rings. The van der Waals surface area contributed by atoms with E-state index in [1.807, 2.05) is 53.0 Å². The van der Waals surface area contributed by atoms with Gasteiger partial charge in [0.2, 0.25) is 0 Å². The molecule has 2 heterocycles. The average molecular weight is 283 g/mol. The minimum absolute atomic E-state index is 0.102. The Kier molecular flexibility index (Phi) is 4.06. The number of carbonyl (C=O) groups excluding carboxylic acids is 1. The second-order valence-electron chi connectivity index (χ2n) is 5.57. The first-order chi connectivity index (χ1) is 10.3. The SMILES string of the molecule is CN(C(=O)c1cccn1Cc1ccccc1)C1CCNC1. The van der Waals surface area contributed by atoms with Gasteiger partial charge in [-0.2, -0.15) is 0 Å². The van der Waals surface area contributed by atoms with Gasteiger partial charge in [0.1, 0.15) is 5.69 Å². The van der Waals surface area contributed by atoms with E-state index in [0.29, 0.717) is 6.04 Å². The Labute approximate surface area is 125 Å². The molecule has 110 valence electrons. The van der Waals surface area contributed by atoms with E-state index in [-0.39, 0.29) is 5.91 Å².